The molecule has 0 unspecified atom stereocenters. The second kappa shape index (κ2) is 7.71. The maximum absolute atomic E-state index is 12.0. The summed E-state index contributed by atoms with van der Waals surface area (Å²) >= 11 is 0. The van der Waals surface area contributed by atoms with E-state index in [4.69, 9.17) is 0 Å². The molecule has 0 aromatic carbocycles. The zero-order valence-electron chi connectivity index (χ0n) is 12.3. The molecule has 1 heterocycles. The van der Waals surface area contributed by atoms with Crippen molar-refractivity contribution in [2.24, 2.45) is 5.92 Å². The largest absolute Gasteiger partial charge is 0.369 e. The van der Waals surface area contributed by atoms with Gasteiger partial charge in [0.2, 0.25) is 0 Å². The summed E-state index contributed by atoms with van der Waals surface area (Å²) in [6, 6.07) is 0. The van der Waals surface area contributed by atoms with Crippen LogP contribution in [0.2, 0.25) is 0 Å². The van der Waals surface area contributed by atoms with Gasteiger partial charge in [-0.2, -0.15) is 0 Å². The molecule has 0 aliphatic rings. The van der Waals surface area contributed by atoms with Crippen molar-refractivity contribution in [1.82, 2.24) is 14.9 Å². The number of nitrogens with one attached hydrogen (secondary N) is 1. The van der Waals surface area contributed by atoms with Crippen LogP contribution in [-0.4, -0.2) is 40.4 Å². The fourth-order valence-electron chi connectivity index (χ4n) is 1.69. The highest BCUT2D eigenvalue weighted by atomic mass is 16.2. The molecule has 0 radical (unpaired) electrons. The summed E-state index contributed by atoms with van der Waals surface area (Å²) in [5, 5.41) is 3.20. The van der Waals surface area contributed by atoms with Gasteiger partial charge in [0.15, 0.2) is 0 Å². The van der Waals surface area contributed by atoms with E-state index in [1.165, 1.54) is 0 Å². The summed E-state index contributed by atoms with van der Waals surface area (Å²) in [6.45, 7) is 10.5. The van der Waals surface area contributed by atoms with Gasteiger partial charge in [-0.25, -0.2) is 9.97 Å². The van der Waals surface area contributed by atoms with E-state index < -0.39 is 0 Å². The summed E-state index contributed by atoms with van der Waals surface area (Å²) < 4.78 is 0. The van der Waals surface area contributed by atoms with E-state index in [2.05, 4.69) is 29.1 Å². The quantitative estimate of drug-likeness (QED) is 0.821. The highest BCUT2D eigenvalue weighted by molar-refractivity contribution is 5.92. The zero-order valence-corrected chi connectivity index (χ0v) is 12.3. The second-order valence-corrected chi connectivity index (χ2v) is 4.87. The average molecular weight is 264 g/mol. The molecule has 1 N–H and O–H groups in total. The van der Waals surface area contributed by atoms with Crippen LogP contribution >= 0.6 is 0 Å². The van der Waals surface area contributed by atoms with Crippen LogP contribution < -0.4 is 5.32 Å². The van der Waals surface area contributed by atoms with Crippen LogP contribution in [0.25, 0.3) is 0 Å². The van der Waals surface area contributed by atoms with E-state index in [1.807, 2.05) is 13.8 Å². The van der Waals surface area contributed by atoms with Crippen LogP contribution in [0.4, 0.5) is 5.82 Å². The average Bonchev–Trinajstić information content (AvgIpc) is 2.40. The lowest BCUT2D eigenvalue weighted by atomic mass is 10.1. The van der Waals surface area contributed by atoms with Gasteiger partial charge in [-0.1, -0.05) is 13.8 Å². The van der Waals surface area contributed by atoms with Crippen LogP contribution in [0.1, 0.15) is 44.6 Å². The molecule has 0 fully saturated rings. The normalized spacial score (nSPS) is 10.6. The number of carbonyl (C=O) groups excluding carboxylic acids is 1. The molecule has 19 heavy (non-hydrogen) atoms. The summed E-state index contributed by atoms with van der Waals surface area (Å²) in [6.07, 6.45) is 4.25. The van der Waals surface area contributed by atoms with Crippen molar-refractivity contribution < 1.29 is 4.79 Å². The molecule has 0 spiro atoms. The summed E-state index contributed by atoms with van der Waals surface area (Å²) in [4.78, 5) is 22.2. The van der Waals surface area contributed by atoms with Crippen LogP contribution in [0, 0.1) is 5.92 Å². The molecule has 0 aliphatic carbocycles. The van der Waals surface area contributed by atoms with E-state index in [1.54, 1.807) is 17.3 Å². The fraction of sp³-hybridized carbons (Fsp3) is 0.643. The Morgan fingerprint density at radius 1 is 1.26 bits per heavy atom. The topological polar surface area (TPSA) is 58.1 Å². The molecule has 1 aromatic rings. The lowest BCUT2D eigenvalue weighted by molar-refractivity contribution is 0.0766. The zero-order chi connectivity index (χ0) is 14.3. The van der Waals surface area contributed by atoms with Crippen molar-refractivity contribution in [1.29, 1.82) is 0 Å². The van der Waals surface area contributed by atoms with Crippen molar-refractivity contribution >= 4 is 11.7 Å². The first-order valence-corrected chi connectivity index (χ1v) is 6.93. The minimum Gasteiger partial charge on any atom is -0.369 e. The Morgan fingerprint density at radius 2 is 1.95 bits per heavy atom. The van der Waals surface area contributed by atoms with E-state index >= 15 is 0 Å². The van der Waals surface area contributed by atoms with E-state index in [9.17, 15) is 4.79 Å². The van der Waals surface area contributed by atoms with Gasteiger partial charge in [-0.15, -0.1) is 0 Å². The maximum atomic E-state index is 12.0. The molecule has 5 nitrogen and oxygen atoms in total. The number of rotatable bonds is 7. The van der Waals surface area contributed by atoms with Crippen molar-refractivity contribution in [3.8, 4) is 0 Å². The minimum atomic E-state index is -0.0637. The molecular formula is C14H24N4O. The Hall–Kier alpha value is -1.65. The van der Waals surface area contributed by atoms with Crippen molar-refractivity contribution in [3.05, 3.63) is 18.1 Å². The van der Waals surface area contributed by atoms with Gasteiger partial charge in [-0.3, -0.25) is 4.79 Å². The van der Waals surface area contributed by atoms with Gasteiger partial charge < -0.3 is 10.2 Å². The Morgan fingerprint density at radius 3 is 2.42 bits per heavy atom. The maximum Gasteiger partial charge on any atom is 0.274 e. The van der Waals surface area contributed by atoms with Crippen LogP contribution in [0.15, 0.2) is 12.4 Å². The smallest absolute Gasteiger partial charge is 0.274 e. The predicted molar refractivity (Wildman–Crippen MR) is 77.2 cm³/mol. The molecule has 5 heteroatoms. The highest BCUT2D eigenvalue weighted by Gasteiger charge is 2.13. The Labute approximate surface area is 115 Å². The number of nitrogens with zero attached hydrogens (tertiary/aromatic N) is 3. The van der Waals surface area contributed by atoms with Gasteiger partial charge >= 0.3 is 0 Å². The summed E-state index contributed by atoms with van der Waals surface area (Å²) in [5.41, 5.74) is 0.401. The van der Waals surface area contributed by atoms with Crippen molar-refractivity contribution in [2.45, 2.75) is 34.1 Å². The SMILES string of the molecule is CCN(CC)C(=O)c1cnc(NCCC(C)C)cn1. The number of hydrogen-bond donors (Lipinski definition) is 1. The van der Waals surface area contributed by atoms with Gasteiger partial charge in [0.1, 0.15) is 11.5 Å². The molecule has 0 atom stereocenters. The third-order valence-corrected chi connectivity index (χ3v) is 2.95. The Balaban J connectivity index is 2.58. The number of aromatic nitrogens is 2. The number of hydrogen-bond acceptors (Lipinski definition) is 4. The third kappa shape index (κ3) is 4.85. The van der Waals surface area contributed by atoms with E-state index in [0.717, 1.165) is 18.8 Å². The standard InChI is InChI=1S/C14H24N4O/c1-5-18(6-2)14(19)12-9-17-13(10-16-12)15-8-7-11(3)4/h9-11H,5-8H2,1-4H3,(H,15,17). The molecule has 0 aliphatic heterocycles. The Kier molecular flexibility index (Phi) is 6.25. The third-order valence-electron chi connectivity index (χ3n) is 2.95. The molecule has 0 bridgehead atoms. The van der Waals surface area contributed by atoms with Gasteiger partial charge in [0.25, 0.3) is 5.91 Å². The molecule has 1 aromatic heterocycles. The van der Waals surface area contributed by atoms with E-state index in [0.29, 0.717) is 24.7 Å². The molecular weight excluding hydrogens is 240 g/mol. The lowest BCUT2D eigenvalue weighted by Crippen LogP contribution is -2.31. The van der Waals surface area contributed by atoms with Gasteiger partial charge in [0, 0.05) is 19.6 Å². The van der Waals surface area contributed by atoms with Crippen LogP contribution in [0.5, 0.6) is 0 Å². The second-order valence-electron chi connectivity index (χ2n) is 4.87. The minimum absolute atomic E-state index is 0.0637. The van der Waals surface area contributed by atoms with Gasteiger partial charge in [0.05, 0.1) is 12.4 Å². The molecule has 0 saturated heterocycles. The fourth-order valence-corrected chi connectivity index (χ4v) is 1.69. The lowest BCUT2D eigenvalue weighted by Gasteiger charge is -2.17. The first-order valence-electron chi connectivity index (χ1n) is 6.93. The van der Waals surface area contributed by atoms with E-state index in [-0.39, 0.29) is 5.91 Å². The summed E-state index contributed by atoms with van der Waals surface area (Å²) in [5.74, 6) is 1.31. The predicted octanol–water partition coefficient (Wildman–Crippen LogP) is 2.42. The first kappa shape index (κ1) is 15.4. The molecule has 106 valence electrons. The highest BCUT2D eigenvalue weighted by Crippen LogP contribution is 2.06. The first-order chi connectivity index (χ1) is 9.08. The number of amides is 1. The van der Waals surface area contributed by atoms with Crippen LogP contribution in [0.3, 0.4) is 0 Å². The Bertz CT molecular complexity index is 385. The van der Waals surface area contributed by atoms with Gasteiger partial charge in [-0.05, 0) is 26.2 Å². The monoisotopic (exact) mass is 264 g/mol. The van der Waals surface area contributed by atoms with Crippen molar-refractivity contribution in [2.75, 3.05) is 25.0 Å². The molecule has 1 amide bonds. The molecule has 1 rings (SSSR count). The van der Waals surface area contributed by atoms with Crippen molar-refractivity contribution in [3.63, 3.8) is 0 Å². The number of anilines is 1. The summed E-state index contributed by atoms with van der Waals surface area (Å²) in [7, 11) is 0. The number of carbonyl (C=O) groups is 1. The molecule has 0 saturated carbocycles. The van der Waals surface area contributed by atoms with Crippen LogP contribution in [-0.2, 0) is 0 Å².